The van der Waals surface area contributed by atoms with Gasteiger partial charge < -0.3 is 10.2 Å². The molecule has 1 heterocycles. The highest BCUT2D eigenvalue weighted by Crippen LogP contribution is 2.26. The van der Waals surface area contributed by atoms with Crippen molar-refractivity contribution >= 4 is 5.91 Å². The van der Waals surface area contributed by atoms with E-state index in [0.717, 1.165) is 26.1 Å². The molecule has 3 heteroatoms. The molecule has 104 valence electrons. The third-order valence-electron chi connectivity index (χ3n) is 3.76. The SMILES string of the molecule is CCCN(C(=O)C1CNCc2ccccc21)C(C)C. The topological polar surface area (TPSA) is 32.3 Å². The van der Waals surface area contributed by atoms with E-state index in [2.05, 4.69) is 38.2 Å². The number of hydrogen-bond acceptors (Lipinski definition) is 2. The molecule has 0 aliphatic carbocycles. The fourth-order valence-electron chi connectivity index (χ4n) is 2.78. The number of rotatable bonds is 4. The molecule has 0 aromatic heterocycles. The molecule has 1 aliphatic heterocycles. The van der Waals surface area contributed by atoms with Gasteiger partial charge in [0.15, 0.2) is 0 Å². The third-order valence-corrected chi connectivity index (χ3v) is 3.76. The molecule has 1 amide bonds. The Labute approximate surface area is 116 Å². The molecule has 1 aromatic rings. The summed E-state index contributed by atoms with van der Waals surface area (Å²) in [5.74, 6) is 0.232. The number of nitrogens with one attached hydrogen (secondary N) is 1. The van der Waals surface area contributed by atoms with Crippen LogP contribution in [0.5, 0.6) is 0 Å². The van der Waals surface area contributed by atoms with E-state index in [1.54, 1.807) is 0 Å². The molecule has 3 nitrogen and oxygen atoms in total. The molecule has 0 spiro atoms. The minimum absolute atomic E-state index is 0.0288. The third kappa shape index (κ3) is 2.98. The average Bonchev–Trinajstić information content (AvgIpc) is 2.43. The molecular weight excluding hydrogens is 236 g/mol. The van der Waals surface area contributed by atoms with Gasteiger partial charge in [0.2, 0.25) is 5.91 Å². The molecule has 2 rings (SSSR count). The standard InChI is InChI=1S/C16H24N2O/c1-4-9-18(12(2)3)16(19)15-11-17-10-13-7-5-6-8-14(13)15/h5-8,12,15,17H,4,9-11H2,1-3H3. The molecule has 19 heavy (non-hydrogen) atoms. The smallest absolute Gasteiger partial charge is 0.231 e. The van der Waals surface area contributed by atoms with Crippen molar-refractivity contribution in [2.75, 3.05) is 13.1 Å². The van der Waals surface area contributed by atoms with E-state index < -0.39 is 0 Å². The molecule has 0 radical (unpaired) electrons. The lowest BCUT2D eigenvalue weighted by atomic mass is 9.89. The molecule has 1 aromatic carbocycles. The van der Waals surface area contributed by atoms with Crippen molar-refractivity contribution < 1.29 is 4.79 Å². The van der Waals surface area contributed by atoms with Crippen molar-refractivity contribution in [3.8, 4) is 0 Å². The fourth-order valence-corrected chi connectivity index (χ4v) is 2.78. The van der Waals surface area contributed by atoms with E-state index >= 15 is 0 Å². The van der Waals surface area contributed by atoms with Gasteiger partial charge in [0.05, 0.1) is 5.92 Å². The van der Waals surface area contributed by atoms with E-state index in [1.807, 2.05) is 17.0 Å². The molecule has 0 saturated carbocycles. The molecule has 1 unspecified atom stereocenters. The highest BCUT2D eigenvalue weighted by Gasteiger charge is 2.30. The normalized spacial score (nSPS) is 18.2. The van der Waals surface area contributed by atoms with E-state index in [9.17, 15) is 4.79 Å². The first kappa shape index (κ1) is 14.1. The van der Waals surface area contributed by atoms with Crippen LogP contribution in [0.15, 0.2) is 24.3 Å². The number of amides is 1. The molecule has 1 N–H and O–H groups in total. The lowest BCUT2D eigenvalue weighted by molar-refractivity contribution is -0.134. The lowest BCUT2D eigenvalue weighted by Crippen LogP contribution is -2.44. The summed E-state index contributed by atoms with van der Waals surface area (Å²) in [7, 11) is 0. The van der Waals surface area contributed by atoms with Gasteiger partial charge in [-0.05, 0) is 31.4 Å². The second-order valence-corrected chi connectivity index (χ2v) is 5.51. The van der Waals surface area contributed by atoms with Gasteiger partial charge in [0, 0.05) is 25.7 Å². The Morgan fingerprint density at radius 1 is 1.42 bits per heavy atom. The summed E-state index contributed by atoms with van der Waals surface area (Å²) in [6.45, 7) is 8.77. The Balaban J connectivity index is 2.24. The summed E-state index contributed by atoms with van der Waals surface area (Å²) in [5.41, 5.74) is 2.46. The Morgan fingerprint density at radius 3 is 2.84 bits per heavy atom. The fraction of sp³-hybridized carbons (Fsp3) is 0.562. The summed E-state index contributed by atoms with van der Waals surface area (Å²) < 4.78 is 0. The van der Waals surface area contributed by atoms with Crippen LogP contribution in [0.25, 0.3) is 0 Å². The van der Waals surface area contributed by atoms with E-state index in [1.165, 1.54) is 11.1 Å². The van der Waals surface area contributed by atoms with E-state index in [-0.39, 0.29) is 17.9 Å². The van der Waals surface area contributed by atoms with E-state index in [4.69, 9.17) is 0 Å². The van der Waals surface area contributed by atoms with Crippen molar-refractivity contribution in [2.24, 2.45) is 0 Å². The first-order valence-corrected chi connectivity index (χ1v) is 7.24. The van der Waals surface area contributed by atoms with Gasteiger partial charge in [0.1, 0.15) is 0 Å². The zero-order valence-corrected chi connectivity index (χ0v) is 12.1. The van der Waals surface area contributed by atoms with Crippen molar-refractivity contribution in [3.63, 3.8) is 0 Å². The second kappa shape index (κ2) is 6.20. The quantitative estimate of drug-likeness (QED) is 0.902. The predicted octanol–water partition coefficient (Wildman–Crippen LogP) is 2.52. The van der Waals surface area contributed by atoms with Crippen LogP contribution in [0.3, 0.4) is 0 Å². The molecule has 0 fully saturated rings. The number of carbonyl (C=O) groups is 1. The summed E-state index contributed by atoms with van der Waals surface area (Å²) in [6.07, 6.45) is 1.01. The van der Waals surface area contributed by atoms with E-state index in [0.29, 0.717) is 0 Å². The minimum atomic E-state index is -0.0288. The maximum atomic E-state index is 12.8. The first-order valence-electron chi connectivity index (χ1n) is 7.24. The summed E-state index contributed by atoms with van der Waals surface area (Å²) >= 11 is 0. The number of hydrogen-bond donors (Lipinski definition) is 1. The van der Waals surface area contributed by atoms with Crippen LogP contribution in [-0.2, 0) is 11.3 Å². The van der Waals surface area contributed by atoms with Crippen LogP contribution < -0.4 is 5.32 Å². The van der Waals surface area contributed by atoms with Gasteiger partial charge in [-0.25, -0.2) is 0 Å². The largest absolute Gasteiger partial charge is 0.340 e. The molecular formula is C16H24N2O. The predicted molar refractivity (Wildman–Crippen MR) is 78.0 cm³/mol. The van der Waals surface area contributed by atoms with Crippen molar-refractivity contribution in [3.05, 3.63) is 35.4 Å². The van der Waals surface area contributed by atoms with Gasteiger partial charge in [-0.3, -0.25) is 4.79 Å². The molecule has 0 bridgehead atoms. The van der Waals surface area contributed by atoms with Gasteiger partial charge >= 0.3 is 0 Å². The maximum absolute atomic E-state index is 12.8. The van der Waals surface area contributed by atoms with Crippen LogP contribution in [0.2, 0.25) is 0 Å². The van der Waals surface area contributed by atoms with Crippen LogP contribution >= 0.6 is 0 Å². The Hall–Kier alpha value is -1.35. The highest BCUT2D eigenvalue weighted by atomic mass is 16.2. The minimum Gasteiger partial charge on any atom is -0.340 e. The second-order valence-electron chi connectivity index (χ2n) is 5.51. The molecule has 1 atom stereocenters. The highest BCUT2D eigenvalue weighted by molar-refractivity contribution is 5.85. The summed E-state index contributed by atoms with van der Waals surface area (Å²) in [4.78, 5) is 14.8. The van der Waals surface area contributed by atoms with Crippen LogP contribution in [0.4, 0.5) is 0 Å². The average molecular weight is 260 g/mol. The van der Waals surface area contributed by atoms with Crippen LogP contribution in [0.1, 0.15) is 44.2 Å². The Morgan fingerprint density at radius 2 is 2.16 bits per heavy atom. The van der Waals surface area contributed by atoms with Gasteiger partial charge in [-0.1, -0.05) is 31.2 Å². The van der Waals surface area contributed by atoms with Gasteiger partial charge in [-0.15, -0.1) is 0 Å². The lowest BCUT2D eigenvalue weighted by Gasteiger charge is -2.33. The number of benzene rings is 1. The molecule has 1 aliphatic rings. The van der Waals surface area contributed by atoms with Crippen LogP contribution in [-0.4, -0.2) is 29.9 Å². The first-order chi connectivity index (χ1) is 9.15. The molecule has 0 saturated heterocycles. The zero-order valence-electron chi connectivity index (χ0n) is 12.1. The van der Waals surface area contributed by atoms with Gasteiger partial charge in [0.25, 0.3) is 0 Å². The zero-order chi connectivity index (χ0) is 13.8. The van der Waals surface area contributed by atoms with Crippen molar-refractivity contribution in [1.29, 1.82) is 0 Å². The summed E-state index contributed by atoms with van der Waals surface area (Å²) in [5, 5.41) is 3.36. The monoisotopic (exact) mass is 260 g/mol. The summed E-state index contributed by atoms with van der Waals surface area (Å²) in [6, 6.07) is 8.55. The Bertz CT molecular complexity index is 442. The Kier molecular flexibility index (Phi) is 4.59. The van der Waals surface area contributed by atoms with Crippen LogP contribution in [0, 0.1) is 0 Å². The maximum Gasteiger partial charge on any atom is 0.231 e. The van der Waals surface area contributed by atoms with Gasteiger partial charge in [-0.2, -0.15) is 0 Å². The van der Waals surface area contributed by atoms with Crippen molar-refractivity contribution in [2.45, 2.75) is 45.7 Å². The number of nitrogens with zero attached hydrogens (tertiary/aromatic N) is 1. The number of fused-ring (bicyclic) bond motifs is 1. The number of carbonyl (C=O) groups excluding carboxylic acids is 1. The van der Waals surface area contributed by atoms with Crippen molar-refractivity contribution in [1.82, 2.24) is 10.2 Å².